The molecule has 15 atom stereocenters. The largest absolute Gasteiger partial charge is 0.463 e. The van der Waals surface area contributed by atoms with E-state index in [1.54, 1.807) is 0 Å². The molecule has 382 valence electrons. The Hall–Kier alpha value is -5.43. The molecule has 3 N–H and O–H groups in total. The highest BCUT2D eigenvalue weighted by atomic mass is 16.8. The molecule has 0 spiro atoms. The summed E-state index contributed by atoms with van der Waals surface area (Å²) >= 11 is 0. The average molecular weight is 985 g/mol. The van der Waals surface area contributed by atoms with Crippen LogP contribution in [0.3, 0.4) is 0 Å². The van der Waals surface area contributed by atoms with Crippen molar-refractivity contribution in [1.82, 2.24) is 0 Å². The maximum Gasteiger partial charge on any atom is 0.303 e. The number of hydrogen-bond donors (Lipinski definition) is 3. The average Bonchev–Trinajstić information content (AvgIpc) is 3.32. The zero-order valence-electron chi connectivity index (χ0n) is 39.3. The van der Waals surface area contributed by atoms with Crippen LogP contribution in [0, 0.1) is 0 Å². The van der Waals surface area contributed by atoms with E-state index in [1.165, 1.54) is 0 Å². The van der Waals surface area contributed by atoms with Crippen molar-refractivity contribution < 1.29 is 101 Å². The zero-order chi connectivity index (χ0) is 50.3. The van der Waals surface area contributed by atoms with Crippen molar-refractivity contribution in [2.24, 2.45) is 0 Å². The molecule has 0 radical (unpaired) electrons. The van der Waals surface area contributed by atoms with Gasteiger partial charge in [-0.25, -0.2) is 0 Å². The molecule has 3 saturated heterocycles. The standard InChI is InChI=1S/C49H60O21/c1-27(51)59-26-37-40(62-28(2)52)43(63-29(3)53)46(65-31(5)55)49(68-37)70-41-38(56)35(21-50)67-48(45(41)64-30(4)54)69-39-36(25-58-22-32-15-9-6-10-16-32)66-47(57)44(61-24-34-19-13-8-14-20-34)42(39)60-23-33-17-11-7-12-18-33/h6-20,35-50,56-57H,21-26H2,1-5H3/t35-,36-,37-,38+,39-,40+,41+,42+,43+,44-,45-,46-,47-,48+,49+/m1/s1. The molecule has 0 aromatic heterocycles. The van der Waals surface area contributed by atoms with E-state index in [-0.39, 0.29) is 26.4 Å². The van der Waals surface area contributed by atoms with Gasteiger partial charge < -0.3 is 76.9 Å². The van der Waals surface area contributed by atoms with E-state index in [4.69, 9.17) is 61.6 Å². The van der Waals surface area contributed by atoms with Crippen LogP contribution in [-0.2, 0) is 105 Å². The topological polar surface area (TPSA) is 266 Å². The van der Waals surface area contributed by atoms with Gasteiger partial charge in [0.2, 0.25) is 0 Å². The van der Waals surface area contributed by atoms with Crippen LogP contribution in [-0.4, -0.2) is 157 Å². The van der Waals surface area contributed by atoms with Gasteiger partial charge in [-0.2, -0.15) is 0 Å². The van der Waals surface area contributed by atoms with Crippen molar-refractivity contribution in [2.45, 2.75) is 147 Å². The molecule has 0 unspecified atom stereocenters. The molecule has 6 rings (SSSR count). The number of rotatable bonds is 21. The third-order valence-corrected chi connectivity index (χ3v) is 11.2. The first-order valence-corrected chi connectivity index (χ1v) is 22.6. The van der Waals surface area contributed by atoms with Crippen molar-refractivity contribution in [2.75, 3.05) is 19.8 Å². The number of carbonyl (C=O) groups is 5. The minimum Gasteiger partial charge on any atom is -0.463 e. The van der Waals surface area contributed by atoms with Gasteiger partial charge in [-0.3, -0.25) is 24.0 Å². The first kappa shape index (κ1) is 53.9. The van der Waals surface area contributed by atoms with E-state index < -0.39 is 135 Å². The van der Waals surface area contributed by atoms with Crippen LogP contribution in [0.4, 0.5) is 0 Å². The summed E-state index contributed by atoms with van der Waals surface area (Å²) in [7, 11) is 0. The van der Waals surface area contributed by atoms with Crippen molar-refractivity contribution >= 4 is 29.8 Å². The second-order valence-electron chi connectivity index (χ2n) is 16.6. The minimum absolute atomic E-state index is 0.000296. The first-order valence-electron chi connectivity index (χ1n) is 22.6. The van der Waals surface area contributed by atoms with Gasteiger partial charge in [-0.1, -0.05) is 91.0 Å². The summed E-state index contributed by atoms with van der Waals surface area (Å²) < 4.78 is 78.4. The number of hydrogen-bond acceptors (Lipinski definition) is 21. The van der Waals surface area contributed by atoms with Crippen LogP contribution in [0.5, 0.6) is 0 Å². The lowest BCUT2D eigenvalue weighted by Gasteiger charge is -2.50. The molecule has 70 heavy (non-hydrogen) atoms. The molecule has 3 aliphatic rings. The Balaban J connectivity index is 1.40. The predicted molar refractivity (Wildman–Crippen MR) is 236 cm³/mol. The number of aliphatic hydroxyl groups is 3. The molecule has 0 amide bonds. The van der Waals surface area contributed by atoms with Gasteiger partial charge in [0.1, 0.15) is 55.4 Å². The van der Waals surface area contributed by atoms with E-state index in [9.17, 15) is 39.3 Å². The summed E-state index contributed by atoms with van der Waals surface area (Å²) in [5.41, 5.74) is 2.33. The summed E-state index contributed by atoms with van der Waals surface area (Å²) in [5, 5.41) is 34.3. The number of esters is 5. The fraction of sp³-hybridized carbons (Fsp3) is 0.531. The highest BCUT2D eigenvalue weighted by Crippen LogP contribution is 2.37. The predicted octanol–water partition coefficient (Wildman–Crippen LogP) is 1.95. The normalized spacial score (nSPS) is 30.9. The Kier molecular flexibility index (Phi) is 20.1. The van der Waals surface area contributed by atoms with Gasteiger partial charge in [0.25, 0.3) is 0 Å². The second kappa shape index (κ2) is 26.1. The Morgan fingerprint density at radius 1 is 0.457 bits per heavy atom. The van der Waals surface area contributed by atoms with Gasteiger partial charge in [-0.05, 0) is 16.7 Å². The molecular formula is C49H60O21. The van der Waals surface area contributed by atoms with Gasteiger partial charge >= 0.3 is 29.8 Å². The molecule has 0 aliphatic carbocycles. The van der Waals surface area contributed by atoms with Crippen LogP contribution in [0.25, 0.3) is 0 Å². The van der Waals surface area contributed by atoms with Crippen LogP contribution in [0.15, 0.2) is 91.0 Å². The summed E-state index contributed by atoms with van der Waals surface area (Å²) in [6.45, 7) is 3.70. The van der Waals surface area contributed by atoms with Crippen molar-refractivity contribution in [3.8, 4) is 0 Å². The lowest BCUT2D eigenvalue weighted by Crippen LogP contribution is -2.68. The van der Waals surface area contributed by atoms with E-state index in [0.717, 1.165) is 51.3 Å². The Morgan fingerprint density at radius 3 is 1.39 bits per heavy atom. The van der Waals surface area contributed by atoms with Crippen LogP contribution in [0.2, 0.25) is 0 Å². The minimum atomic E-state index is -1.89. The van der Waals surface area contributed by atoms with E-state index in [1.807, 2.05) is 91.0 Å². The number of carbonyl (C=O) groups excluding carboxylic acids is 5. The van der Waals surface area contributed by atoms with Gasteiger partial charge in [0.15, 0.2) is 43.3 Å². The quantitative estimate of drug-likeness (QED) is 0.102. The molecular weight excluding hydrogens is 925 g/mol. The van der Waals surface area contributed by atoms with Gasteiger partial charge in [0.05, 0.1) is 33.0 Å². The molecule has 3 heterocycles. The first-order chi connectivity index (χ1) is 33.6. The fourth-order valence-electron chi connectivity index (χ4n) is 8.19. The number of ether oxygens (including phenoxy) is 13. The molecule has 3 aromatic carbocycles. The molecule has 21 nitrogen and oxygen atoms in total. The maximum atomic E-state index is 13.1. The van der Waals surface area contributed by atoms with Crippen LogP contribution < -0.4 is 0 Å². The third-order valence-electron chi connectivity index (χ3n) is 11.2. The van der Waals surface area contributed by atoms with E-state index >= 15 is 0 Å². The van der Waals surface area contributed by atoms with Crippen LogP contribution in [0.1, 0.15) is 51.3 Å². The Morgan fingerprint density at radius 2 is 0.886 bits per heavy atom. The summed E-state index contributed by atoms with van der Waals surface area (Å²) in [5.74, 6) is -4.42. The molecule has 3 aliphatic heterocycles. The van der Waals surface area contributed by atoms with E-state index in [0.29, 0.717) is 0 Å². The highest BCUT2D eigenvalue weighted by molar-refractivity contribution is 5.69. The molecule has 3 fully saturated rings. The van der Waals surface area contributed by atoms with Crippen molar-refractivity contribution in [3.05, 3.63) is 108 Å². The van der Waals surface area contributed by atoms with Crippen molar-refractivity contribution in [3.63, 3.8) is 0 Å². The van der Waals surface area contributed by atoms with Crippen molar-refractivity contribution in [1.29, 1.82) is 0 Å². The number of benzene rings is 3. The third kappa shape index (κ3) is 15.0. The van der Waals surface area contributed by atoms with Crippen LogP contribution >= 0.6 is 0 Å². The SMILES string of the molecule is CC(=O)OC[C@H]1O[C@@H](O[C@H]2[C@@H](O)[C@@H](CO)O[C@@H](O[C@H]3[C@H](OCc4ccccc4)[C@@H](OCc4ccccc4)[C@H](O)O[C@@H]3COCc3ccccc3)[C@@H]2OC(C)=O)[C@H](OC(C)=O)[C@@H](OC(C)=O)[C@H]1OC(C)=O. The summed E-state index contributed by atoms with van der Waals surface area (Å²) in [4.78, 5) is 62.7. The number of aliphatic hydroxyl groups excluding tert-OH is 3. The lowest BCUT2D eigenvalue weighted by molar-refractivity contribution is -0.383. The van der Waals surface area contributed by atoms with Gasteiger partial charge in [-0.15, -0.1) is 0 Å². The van der Waals surface area contributed by atoms with Gasteiger partial charge in [0, 0.05) is 34.6 Å². The molecule has 0 saturated carbocycles. The maximum absolute atomic E-state index is 13.1. The highest BCUT2D eigenvalue weighted by Gasteiger charge is 2.58. The Labute approximate surface area is 404 Å². The van der Waals surface area contributed by atoms with E-state index in [2.05, 4.69) is 0 Å². The molecule has 21 heteroatoms. The smallest absolute Gasteiger partial charge is 0.303 e. The Bertz CT molecular complexity index is 2130. The molecule has 0 bridgehead atoms. The lowest BCUT2D eigenvalue weighted by atomic mass is 9.95. The zero-order valence-corrected chi connectivity index (χ0v) is 39.3. The summed E-state index contributed by atoms with van der Waals surface area (Å²) in [6.07, 6.45) is -23.7. The monoisotopic (exact) mass is 984 g/mol. The fourth-order valence-corrected chi connectivity index (χ4v) is 8.19. The second-order valence-corrected chi connectivity index (χ2v) is 16.6. The molecule has 3 aromatic rings. The summed E-state index contributed by atoms with van der Waals surface area (Å²) in [6, 6.07) is 27.5.